The summed E-state index contributed by atoms with van der Waals surface area (Å²) in [6.45, 7) is -0.492. The number of carboxylic acid groups (broad SMARTS) is 1. The molecule has 2 aromatic rings. The summed E-state index contributed by atoms with van der Waals surface area (Å²) >= 11 is 0. The first-order valence-corrected chi connectivity index (χ1v) is 4.69. The van der Waals surface area contributed by atoms with Crippen molar-refractivity contribution in [2.24, 2.45) is 0 Å². The van der Waals surface area contributed by atoms with Crippen LogP contribution >= 0.6 is 0 Å². The van der Waals surface area contributed by atoms with Gasteiger partial charge in [0.05, 0.1) is 17.6 Å². The number of aromatic carboxylic acids is 1. The van der Waals surface area contributed by atoms with E-state index in [1.807, 2.05) is 0 Å². The number of hydrogen-bond acceptors (Lipinski definition) is 1. The van der Waals surface area contributed by atoms with Crippen LogP contribution in [0.3, 0.4) is 0 Å². The third-order valence-corrected chi connectivity index (χ3v) is 2.35. The Labute approximate surface area is 89.9 Å². The van der Waals surface area contributed by atoms with Crippen molar-refractivity contribution in [1.29, 1.82) is 0 Å². The highest BCUT2D eigenvalue weighted by molar-refractivity contribution is 6.02. The molecule has 0 radical (unpaired) electrons. The summed E-state index contributed by atoms with van der Waals surface area (Å²) in [7, 11) is 0. The van der Waals surface area contributed by atoms with Gasteiger partial charge in [-0.25, -0.2) is 13.6 Å². The lowest BCUT2D eigenvalue weighted by Crippen LogP contribution is -2.08. The van der Waals surface area contributed by atoms with Gasteiger partial charge in [-0.05, 0) is 12.1 Å². The molecule has 0 saturated heterocycles. The van der Waals surface area contributed by atoms with Crippen molar-refractivity contribution in [3.05, 3.63) is 36.0 Å². The monoisotopic (exact) mass is 225 g/mol. The van der Waals surface area contributed by atoms with Crippen molar-refractivity contribution in [2.75, 3.05) is 0 Å². The Hall–Kier alpha value is -1.91. The molecule has 0 bridgehead atoms. The first-order valence-electron chi connectivity index (χ1n) is 4.69. The number of carboxylic acids is 1. The molecule has 0 spiro atoms. The van der Waals surface area contributed by atoms with E-state index in [1.165, 1.54) is 16.8 Å². The van der Waals surface area contributed by atoms with Gasteiger partial charge in [0, 0.05) is 11.6 Å². The molecular weight excluding hydrogens is 216 g/mol. The fraction of sp³-hybridized carbons (Fsp3) is 0.182. The highest BCUT2D eigenvalue weighted by atomic mass is 19.3. The third kappa shape index (κ3) is 1.76. The van der Waals surface area contributed by atoms with Gasteiger partial charge in [0.15, 0.2) is 0 Å². The van der Waals surface area contributed by atoms with Crippen molar-refractivity contribution in [1.82, 2.24) is 4.57 Å². The van der Waals surface area contributed by atoms with E-state index in [9.17, 15) is 13.6 Å². The minimum atomic E-state index is -2.50. The van der Waals surface area contributed by atoms with E-state index < -0.39 is 18.9 Å². The Morgan fingerprint density at radius 2 is 2.12 bits per heavy atom. The van der Waals surface area contributed by atoms with Crippen LogP contribution in [0.1, 0.15) is 10.4 Å². The van der Waals surface area contributed by atoms with Crippen LogP contribution in [0.5, 0.6) is 0 Å². The highest BCUT2D eigenvalue weighted by Crippen LogP contribution is 2.21. The predicted molar refractivity (Wildman–Crippen MR) is 54.9 cm³/mol. The molecule has 0 atom stereocenters. The van der Waals surface area contributed by atoms with Gasteiger partial charge >= 0.3 is 5.97 Å². The topological polar surface area (TPSA) is 42.2 Å². The maximum Gasteiger partial charge on any atom is 0.337 e. The van der Waals surface area contributed by atoms with Crippen LogP contribution in [0, 0.1) is 0 Å². The Bertz CT molecular complexity index is 534. The molecule has 16 heavy (non-hydrogen) atoms. The first-order chi connectivity index (χ1) is 7.59. The molecule has 5 heteroatoms. The van der Waals surface area contributed by atoms with Gasteiger partial charge in [-0.1, -0.05) is 12.1 Å². The van der Waals surface area contributed by atoms with Crippen LogP contribution < -0.4 is 0 Å². The zero-order chi connectivity index (χ0) is 11.7. The van der Waals surface area contributed by atoms with Crippen LogP contribution in [0.2, 0.25) is 0 Å². The summed E-state index contributed by atoms with van der Waals surface area (Å²) in [5.41, 5.74) is 0.387. The van der Waals surface area contributed by atoms with Crippen molar-refractivity contribution in [3.63, 3.8) is 0 Å². The third-order valence-electron chi connectivity index (χ3n) is 2.35. The largest absolute Gasteiger partial charge is 0.478 e. The lowest BCUT2D eigenvalue weighted by molar-refractivity contribution is 0.0697. The molecule has 0 fully saturated rings. The maximum absolute atomic E-state index is 12.3. The fourth-order valence-corrected chi connectivity index (χ4v) is 1.73. The molecule has 1 aromatic heterocycles. The zero-order valence-corrected chi connectivity index (χ0v) is 8.23. The van der Waals surface area contributed by atoms with Crippen molar-refractivity contribution >= 4 is 16.9 Å². The number of aromatic nitrogens is 1. The normalized spacial score (nSPS) is 11.2. The zero-order valence-electron chi connectivity index (χ0n) is 8.23. The summed E-state index contributed by atoms with van der Waals surface area (Å²) < 4.78 is 25.8. The summed E-state index contributed by atoms with van der Waals surface area (Å²) in [5, 5.41) is 9.61. The Kier molecular flexibility index (Phi) is 2.60. The summed E-state index contributed by atoms with van der Waals surface area (Å²) in [6.07, 6.45) is -1.03. The van der Waals surface area contributed by atoms with Crippen molar-refractivity contribution < 1.29 is 18.7 Å². The number of para-hydroxylation sites is 1. The SMILES string of the molecule is O=C(O)c1cccc2ccn(CC(F)F)c12. The van der Waals surface area contributed by atoms with E-state index in [0.29, 0.717) is 10.9 Å². The number of fused-ring (bicyclic) bond motifs is 1. The number of alkyl halides is 2. The first kappa shape index (κ1) is 10.6. The number of hydrogen-bond donors (Lipinski definition) is 1. The van der Waals surface area contributed by atoms with Gasteiger partial charge in [0.2, 0.25) is 0 Å². The molecule has 84 valence electrons. The van der Waals surface area contributed by atoms with E-state index in [0.717, 1.165) is 0 Å². The average molecular weight is 225 g/mol. The van der Waals surface area contributed by atoms with Crippen LogP contribution in [-0.2, 0) is 6.54 Å². The minimum Gasteiger partial charge on any atom is -0.478 e. The molecule has 0 amide bonds. The summed E-state index contributed by atoms with van der Waals surface area (Å²) in [4.78, 5) is 11.0. The Morgan fingerprint density at radius 1 is 1.38 bits per heavy atom. The smallest absolute Gasteiger partial charge is 0.337 e. The highest BCUT2D eigenvalue weighted by Gasteiger charge is 2.14. The van der Waals surface area contributed by atoms with Crippen molar-refractivity contribution in [2.45, 2.75) is 13.0 Å². The van der Waals surface area contributed by atoms with E-state index in [2.05, 4.69) is 0 Å². The molecular formula is C11H9F2NO2. The molecule has 1 N–H and O–H groups in total. The molecule has 2 rings (SSSR count). The van der Waals surface area contributed by atoms with Crippen LogP contribution in [0.4, 0.5) is 8.78 Å². The lowest BCUT2D eigenvalue weighted by atomic mass is 10.1. The molecule has 0 aliphatic rings. The second-order valence-corrected chi connectivity index (χ2v) is 3.41. The van der Waals surface area contributed by atoms with Gasteiger partial charge in [0.1, 0.15) is 0 Å². The maximum atomic E-state index is 12.3. The molecule has 0 saturated carbocycles. The number of carbonyl (C=O) groups is 1. The van der Waals surface area contributed by atoms with E-state index >= 15 is 0 Å². The summed E-state index contributed by atoms with van der Waals surface area (Å²) in [6, 6.07) is 6.33. The molecule has 0 aliphatic carbocycles. The summed E-state index contributed by atoms with van der Waals surface area (Å²) in [5.74, 6) is -1.11. The average Bonchev–Trinajstić information content (AvgIpc) is 2.60. The molecule has 3 nitrogen and oxygen atoms in total. The van der Waals surface area contributed by atoms with Gasteiger partial charge in [-0.15, -0.1) is 0 Å². The van der Waals surface area contributed by atoms with Gasteiger partial charge in [-0.2, -0.15) is 0 Å². The van der Waals surface area contributed by atoms with E-state index in [1.54, 1.807) is 18.2 Å². The number of rotatable bonds is 3. The number of halogens is 2. The van der Waals surface area contributed by atoms with Gasteiger partial charge < -0.3 is 9.67 Å². The second-order valence-electron chi connectivity index (χ2n) is 3.41. The van der Waals surface area contributed by atoms with Gasteiger partial charge in [0.25, 0.3) is 6.43 Å². The lowest BCUT2D eigenvalue weighted by Gasteiger charge is -2.06. The Balaban J connectivity index is 2.63. The minimum absolute atomic E-state index is 0.0446. The van der Waals surface area contributed by atoms with Crippen LogP contribution in [0.25, 0.3) is 10.9 Å². The van der Waals surface area contributed by atoms with Crippen molar-refractivity contribution in [3.8, 4) is 0 Å². The second kappa shape index (κ2) is 3.92. The number of nitrogens with zero attached hydrogens (tertiary/aromatic N) is 1. The molecule has 0 aliphatic heterocycles. The van der Waals surface area contributed by atoms with E-state index in [4.69, 9.17) is 5.11 Å². The predicted octanol–water partition coefficient (Wildman–Crippen LogP) is 2.60. The standard InChI is InChI=1S/C11H9F2NO2/c12-9(13)6-14-5-4-7-2-1-3-8(10(7)14)11(15)16/h1-5,9H,6H2,(H,15,16). The van der Waals surface area contributed by atoms with Crippen LogP contribution in [0.15, 0.2) is 30.5 Å². The number of benzene rings is 1. The molecule has 1 aromatic carbocycles. The Morgan fingerprint density at radius 3 is 2.75 bits per heavy atom. The molecule has 0 unspecified atom stereocenters. The quantitative estimate of drug-likeness (QED) is 0.872. The van der Waals surface area contributed by atoms with Crippen LogP contribution in [-0.4, -0.2) is 22.1 Å². The fourth-order valence-electron chi connectivity index (χ4n) is 1.73. The van der Waals surface area contributed by atoms with Gasteiger partial charge in [-0.3, -0.25) is 0 Å². The molecule has 1 heterocycles. The van der Waals surface area contributed by atoms with E-state index in [-0.39, 0.29) is 5.56 Å².